The van der Waals surface area contributed by atoms with Crippen molar-refractivity contribution in [3.63, 3.8) is 0 Å². The number of aryl methyl sites for hydroxylation is 1. The Morgan fingerprint density at radius 2 is 1.86 bits per heavy atom. The number of hydrogen-bond donors (Lipinski definition) is 5. The molecule has 0 saturated heterocycles. The molecular weight excluding hydrogens is 483 g/mol. The minimum absolute atomic E-state index is 0.331. The van der Waals surface area contributed by atoms with E-state index in [0.29, 0.717) is 17.7 Å². The minimum atomic E-state index is -5.08. The molecule has 5 N–H and O–H groups in total. The fourth-order valence-corrected chi connectivity index (χ4v) is 4.00. The maximum Gasteiger partial charge on any atom is 0.490 e. The van der Waals surface area contributed by atoms with Crippen LogP contribution in [0.15, 0.2) is 29.1 Å². The number of H-pyrrole nitrogens is 1. The van der Waals surface area contributed by atoms with Gasteiger partial charge in [-0.15, -0.1) is 0 Å². The minimum Gasteiger partial charge on any atom is -0.506 e. The number of pyridine rings is 1. The third-order valence-corrected chi connectivity index (χ3v) is 5.76. The number of carboxylic acid groups (broad SMARTS) is 2. The Morgan fingerprint density at radius 1 is 1.19 bits per heavy atom. The van der Waals surface area contributed by atoms with E-state index in [9.17, 15) is 33.0 Å². The Bertz CT molecular complexity index is 1420. The highest BCUT2D eigenvalue weighted by Gasteiger charge is 2.38. The van der Waals surface area contributed by atoms with Crippen LogP contribution in [0.3, 0.4) is 0 Å². The number of aromatic hydroxyl groups is 1. The van der Waals surface area contributed by atoms with Crippen LogP contribution in [0.5, 0.6) is 5.75 Å². The van der Waals surface area contributed by atoms with Crippen LogP contribution in [-0.4, -0.2) is 56.1 Å². The summed E-state index contributed by atoms with van der Waals surface area (Å²) in [4.78, 5) is 35.3. The van der Waals surface area contributed by atoms with Crippen LogP contribution in [0.25, 0.3) is 28.2 Å². The van der Waals surface area contributed by atoms with E-state index in [0.717, 1.165) is 41.5 Å². The number of aromatic amines is 1. The van der Waals surface area contributed by atoms with Crippen LogP contribution in [0.1, 0.15) is 34.1 Å². The summed E-state index contributed by atoms with van der Waals surface area (Å²) >= 11 is 0. The average molecular weight is 507 g/mol. The van der Waals surface area contributed by atoms with E-state index in [1.54, 1.807) is 0 Å². The van der Waals surface area contributed by atoms with Crippen molar-refractivity contribution in [3.8, 4) is 17.0 Å². The standard InChI is InChI=1S/C22H23N3O4.C2HF3O2/c1-3-23-8-7-14-9-13-10-16-12(11-17(13)25(14)2)5-4-6-15-19(16)24-21(27)18(20(15)26)22(28)29;3-2(4,5)1(6)7/h4-5,9-11,23H,3,6-8H2,1-2H3,(H,28,29)(H2,24,26,27);(H,6,7). The van der Waals surface area contributed by atoms with Crippen LogP contribution in [0.2, 0.25) is 0 Å². The van der Waals surface area contributed by atoms with Gasteiger partial charge < -0.3 is 30.2 Å². The first-order valence-electron chi connectivity index (χ1n) is 10.9. The number of halogens is 3. The van der Waals surface area contributed by atoms with E-state index in [1.165, 1.54) is 5.69 Å². The lowest BCUT2D eigenvalue weighted by Gasteiger charge is -2.13. The van der Waals surface area contributed by atoms with E-state index in [4.69, 9.17) is 9.90 Å². The Kier molecular flexibility index (Phi) is 7.58. The molecule has 0 radical (unpaired) electrons. The number of fused-ring (bicyclic) bond motifs is 4. The van der Waals surface area contributed by atoms with Gasteiger partial charge in [0.05, 0.1) is 5.69 Å². The van der Waals surface area contributed by atoms with Crippen molar-refractivity contribution in [3.05, 3.63) is 57.0 Å². The molecule has 1 aliphatic carbocycles. The van der Waals surface area contributed by atoms with E-state index in [2.05, 4.69) is 33.9 Å². The first-order valence-corrected chi connectivity index (χ1v) is 10.9. The molecule has 2 heterocycles. The van der Waals surface area contributed by atoms with E-state index >= 15 is 0 Å². The predicted molar refractivity (Wildman–Crippen MR) is 126 cm³/mol. The van der Waals surface area contributed by atoms with E-state index < -0.39 is 35.0 Å². The number of allylic oxidation sites excluding steroid dienone is 1. The highest BCUT2D eigenvalue weighted by Crippen LogP contribution is 2.37. The number of hydrogen-bond acceptors (Lipinski definition) is 5. The molecule has 1 aromatic carbocycles. The van der Waals surface area contributed by atoms with Crippen LogP contribution in [0, 0.1) is 0 Å². The molecule has 0 aliphatic heterocycles. The lowest BCUT2D eigenvalue weighted by atomic mass is 9.98. The Balaban J connectivity index is 0.000000454. The summed E-state index contributed by atoms with van der Waals surface area (Å²) in [5.41, 5.74) is 3.42. The molecule has 192 valence electrons. The Morgan fingerprint density at radius 3 is 2.44 bits per heavy atom. The fourth-order valence-electron chi connectivity index (χ4n) is 4.00. The summed E-state index contributed by atoms with van der Waals surface area (Å²) in [7, 11) is 2.04. The first kappa shape index (κ1) is 26.5. The molecule has 36 heavy (non-hydrogen) atoms. The first-order chi connectivity index (χ1) is 16.9. The van der Waals surface area contributed by atoms with Crippen molar-refractivity contribution < 1.29 is 38.1 Å². The van der Waals surface area contributed by atoms with E-state index in [-0.39, 0.29) is 0 Å². The number of nitrogens with zero attached hydrogens (tertiary/aromatic N) is 1. The van der Waals surface area contributed by atoms with Crippen LogP contribution >= 0.6 is 0 Å². The fraction of sp³-hybridized carbons (Fsp3) is 0.292. The molecule has 0 saturated carbocycles. The van der Waals surface area contributed by atoms with Crippen molar-refractivity contribution in [2.24, 2.45) is 7.05 Å². The molecule has 2 aromatic heterocycles. The normalized spacial score (nSPS) is 12.4. The average Bonchev–Trinajstić information content (AvgIpc) is 2.97. The van der Waals surface area contributed by atoms with E-state index in [1.807, 2.05) is 25.3 Å². The number of likely N-dealkylation sites (N-methyl/N-ethyl adjacent to an activating group) is 1. The van der Waals surface area contributed by atoms with Gasteiger partial charge in [-0.05, 0) is 36.7 Å². The summed E-state index contributed by atoms with van der Waals surface area (Å²) in [5.74, 6) is -4.66. The van der Waals surface area contributed by atoms with Gasteiger partial charge in [0.2, 0.25) is 0 Å². The highest BCUT2D eigenvalue weighted by molar-refractivity contribution is 5.95. The van der Waals surface area contributed by atoms with Gasteiger partial charge in [0.15, 0.2) is 5.56 Å². The number of rotatable bonds is 5. The van der Waals surface area contributed by atoms with Gasteiger partial charge in [-0.2, -0.15) is 13.2 Å². The van der Waals surface area contributed by atoms with Gasteiger partial charge in [-0.25, -0.2) is 9.59 Å². The van der Waals surface area contributed by atoms with Crippen molar-refractivity contribution in [2.45, 2.75) is 25.9 Å². The van der Waals surface area contributed by atoms with Gasteiger partial charge in [0, 0.05) is 47.7 Å². The number of carbonyl (C=O) groups is 2. The SMILES string of the molecule is CCNCCc1cc2cc3c(cc2n1C)C=CCc1c-3[nH]c(=O)c(C(=O)O)c1O.O=C(O)C(F)(F)F. The summed E-state index contributed by atoms with van der Waals surface area (Å²) in [5, 5.41) is 31.2. The second-order valence-electron chi connectivity index (χ2n) is 8.04. The maximum atomic E-state index is 12.3. The van der Waals surface area contributed by atoms with Gasteiger partial charge in [0.25, 0.3) is 5.56 Å². The molecule has 0 spiro atoms. The number of carboxylic acids is 2. The molecule has 0 bridgehead atoms. The summed E-state index contributed by atoms with van der Waals surface area (Å²) in [6, 6.07) is 6.18. The summed E-state index contributed by atoms with van der Waals surface area (Å²) < 4.78 is 33.9. The third-order valence-electron chi connectivity index (χ3n) is 5.76. The van der Waals surface area contributed by atoms with Crippen LogP contribution < -0.4 is 10.9 Å². The lowest BCUT2D eigenvalue weighted by molar-refractivity contribution is -0.192. The molecule has 12 heteroatoms. The number of aromatic carboxylic acids is 1. The van der Waals surface area contributed by atoms with Crippen LogP contribution in [-0.2, 0) is 24.7 Å². The number of alkyl halides is 3. The quantitative estimate of drug-likeness (QED) is 0.333. The smallest absolute Gasteiger partial charge is 0.490 e. The Labute approximate surface area is 202 Å². The topological polar surface area (TPSA) is 145 Å². The highest BCUT2D eigenvalue weighted by atomic mass is 19.4. The van der Waals surface area contributed by atoms with Gasteiger partial charge in [-0.3, -0.25) is 4.79 Å². The molecule has 0 atom stereocenters. The zero-order valence-electron chi connectivity index (χ0n) is 19.4. The molecule has 0 fully saturated rings. The maximum absolute atomic E-state index is 12.3. The molecule has 0 amide bonds. The molecule has 3 aromatic rings. The number of aliphatic carboxylic acids is 1. The molecule has 9 nitrogen and oxygen atoms in total. The number of benzene rings is 1. The van der Waals surface area contributed by atoms with Crippen molar-refractivity contribution in [2.75, 3.05) is 13.1 Å². The lowest BCUT2D eigenvalue weighted by Crippen LogP contribution is -2.21. The molecule has 0 unspecified atom stereocenters. The molecular formula is C24H24F3N3O6. The van der Waals surface area contributed by atoms with Gasteiger partial charge in [-0.1, -0.05) is 19.1 Å². The van der Waals surface area contributed by atoms with Gasteiger partial charge >= 0.3 is 18.1 Å². The zero-order valence-corrected chi connectivity index (χ0v) is 19.4. The molecule has 4 rings (SSSR count). The summed E-state index contributed by atoms with van der Waals surface area (Å²) in [6.45, 7) is 3.89. The monoisotopic (exact) mass is 507 g/mol. The van der Waals surface area contributed by atoms with Crippen molar-refractivity contribution in [1.82, 2.24) is 14.9 Å². The molecule has 1 aliphatic rings. The summed E-state index contributed by atoms with van der Waals surface area (Å²) in [6.07, 6.45) is -0.0413. The Hall–Kier alpha value is -4.06. The number of aromatic nitrogens is 2. The third kappa shape index (κ3) is 5.28. The van der Waals surface area contributed by atoms with Crippen LogP contribution in [0.4, 0.5) is 13.2 Å². The van der Waals surface area contributed by atoms with Gasteiger partial charge in [0.1, 0.15) is 5.75 Å². The second-order valence-corrected chi connectivity index (χ2v) is 8.04. The second kappa shape index (κ2) is 10.3. The predicted octanol–water partition coefficient (Wildman–Crippen LogP) is 3.29. The largest absolute Gasteiger partial charge is 0.506 e. The number of nitrogens with one attached hydrogen (secondary N) is 2. The van der Waals surface area contributed by atoms with Crippen molar-refractivity contribution >= 4 is 28.9 Å². The zero-order chi connectivity index (χ0) is 26.8. The van der Waals surface area contributed by atoms with Crippen molar-refractivity contribution in [1.29, 1.82) is 0 Å².